The van der Waals surface area contributed by atoms with Gasteiger partial charge in [0.25, 0.3) is 0 Å². The van der Waals surface area contributed by atoms with Gasteiger partial charge in [0.15, 0.2) is 0 Å². The van der Waals surface area contributed by atoms with Gasteiger partial charge in [-0.15, -0.1) is 0 Å². The number of likely N-dealkylation sites (N-methyl/N-ethyl adjacent to an activating group) is 1. The van der Waals surface area contributed by atoms with E-state index in [-0.39, 0.29) is 6.04 Å². The topological polar surface area (TPSA) is 15.3 Å². The largest absolute Gasteiger partial charge is 0.308 e. The summed E-state index contributed by atoms with van der Waals surface area (Å²) in [6.07, 6.45) is 0. The van der Waals surface area contributed by atoms with Crippen molar-refractivity contribution >= 4 is 0 Å². The van der Waals surface area contributed by atoms with Crippen LogP contribution < -0.4 is 5.32 Å². The molecule has 0 bridgehead atoms. The molecule has 2 aromatic carbocycles. The van der Waals surface area contributed by atoms with Crippen LogP contribution >= 0.6 is 0 Å². The first kappa shape index (κ1) is 14.8. The molecule has 0 aromatic heterocycles. The number of nitrogens with one attached hydrogen (secondary N) is 1. The summed E-state index contributed by atoms with van der Waals surface area (Å²) in [5, 5.41) is 3.74. The van der Waals surface area contributed by atoms with Crippen molar-refractivity contribution in [2.75, 3.05) is 20.6 Å². The van der Waals surface area contributed by atoms with Gasteiger partial charge >= 0.3 is 0 Å². The van der Waals surface area contributed by atoms with Crippen LogP contribution in [0.1, 0.15) is 24.1 Å². The maximum absolute atomic E-state index is 3.74. The van der Waals surface area contributed by atoms with E-state index < -0.39 is 0 Å². The minimum atomic E-state index is 0.243. The lowest BCUT2D eigenvalue weighted by molar-refractivity contribution is 0.339. The van der Waals surface area contributed by atoms with Gasteiger partial charge in [-0.25, -0.2) is 0 Å². The molecule has 2 aromatic rings. The molecule has 0 amide bonds. The van der Waals surface area contributed by atoms with E-state index in [1.807, 2.05) is 0 Å². The second-order valence-corrected chi connectivity index (χ2v) is 5.58. The molecule has 1 atom stereocenters. The highest BCUT2D eigenvalue weighted by Gasteiger charge is 2.16. The van der Waals surface area contributed by atoms with Gasteiger partial charge in [-0.2, -0.15) is 0 Å². The molecule has 0 radical (unpaired) electrons. The van der Waals surface area contributed by atoms with Gasteiger partial charge in [-0.1, -0.05) is 60.7 Å². The predicted octanol–water partition coefficient (Wildman–Crippen LogP) is 3.32. The molecule has 1 unspecified atom stereocenters. The third-order valence-electron chi connectivity index (χ3n) is 3.36. The van der Waals surface area contributed by atoms with Crippen molar-refractivity contribution in [1.82, 2.24) is 10.2 Å². The van der Waals surface area contributed by atoms with Crippen LogP contribution in [0.2, 0.25) is 0 Å². The molecule has 0 aliphatic rings. The molecule has 0 aliphatic heterocycles. The van der Waals surface area contributed by atoms with Crippen LogP contribution in [0, 0.1) is 0 Å². The number of hydrogen-bond donors (Lipinski definition) is 1. The zero-order valence-corrected chi connectivity index (χ0v) is 12.6. The van der Waals surface area contributed by atoms with Gasteiger partial charge in [0.1, 0.15) is 0 Å². The first-order valence-electron chi connectivity index (χ1n) is 7.17. The minimum absolute atomic E-state index is 0.243. The first-order valence-corrected chi connectivity index (χ1v) is 7.17. The minimum Gasteiger partial charge on any atom is -0.308 e. The fraction of sp³-hybridized carbons (Fsp3) is 0.333. The molecule has 2 heteroatoms. The average Bonchev–Trinajstić information content (AvgIpc) is 2.46. The summed E-state index contributed by atoms with van der Waals surface area (Å²) >= 11 is 0. The molecule has 0 fully saturated rings. The van der Waals surface area contributed by atoms with Gasteiger partial charge in [0.2, 0.25) is 0 Å². The maximum Gasteiger partial charge on any atom is 0.0579 e. The highest BCUT2D eigenvalue weighted by Crippen LogP contribution is 2.22. The van der Waals surface area contributed by atoms with E-state index in [9.17, 15) is 0 Å². The number of hydrogen-bond acceptors (Lipinski definition) is 2. The van der Waals surface area contributed by atoms with Gasteiger partial charge < -0.3 is 10.2 Å². The molecule has 0 spiro atoms. The van der Waals surface area contributed by atoms with E-state index >= 15 is 0 Å². The standard InChI is InChI=1S/C18H24N2/c1-15(14-20(2)3)19-18(16-10-6-4-7-11-16)17-12-8-5-9-13-17/h4-13,15,18-19H,14H2,1-3H3. The lowest BCUT2D eigenvalue weighted by Gasteiger charge is -2.26. The highest BCUT2D eigenvalue weighted by molar-refractivity contribution is 5.31. The summed E-state index contributed by atoms with van der Waals surface area (Å²) in [7, 11) is 4.22. The van der Waals surface area contributed by atoms with E-state index in [1.54, 1.807) is 0 Å². The molecule has 0 saturated carbocycles. The fourth-order valence-electron chi connectivity index (χ4n) is 2.56. The van der Waals surface area contributed by atoms with E-state index in [0.717, 1.165) is 6.54 Å². The maximum atomic E-state index is 3.74. The molecule has 0 saturated heterocycles. The van der Waals surface area contributed by atoms with E-state index in [1.165, 1.54) is 11.1 Å². The SMILES string of the molecule is CC(CN(C)C)NC(c1ccccc1)c1ccccc1. The molecular formula is C18H24N2. The van der Waals surface area contributed by atoms with Gasteiger partial charge in [0.05, 0.1) is 6.04 Å². The molecule has 20 heavy (non-hydrogen) atoms. The highest BCUT2D eigenvalue weighted by atomic mass is 15.1. The van der Waals surface area contributed by atoms with Crippen molar-refractivity contribution in [3.8, 4) is 0 Å². The molecule has 2 rings (SSSR count). The Bertz CT molecular complexity index is 454. The second-order valence-electron chi connectivity index (χ2n) is 5.58. The quantitative estimate of drug-likeness (QED) is 0.864. The Morgan fingerprint density at radius 1 is 0.850 bits per heavy atom. The van der Waals surface area contributed by atoms with Gasteiger partial charge in [-0.05, 0) is 32.1 Å². The summed E-state index contributed by atoms with van der Waals surface area (Å²) in [6.45, 7) is 3.26. The van der Waals surface area contributed by atoms with Crippen molar-refractivity contribution in [1.29, 1.82) is 0 Å². The zero-order valence-electron chi connectivity index (χ0n) is 12.6. The Morgan fingerprint density at radius 2 is 1.30 bits per heavy atom. The average molecular weight is 268 g/mol. The Labute approximate surface area is 122 Å². The van der Waals surface area contributed by atoms with Crippen molar-refractivity contribution in [3.05, 3.63) is 71.8 Å². The summed E-state index contributed by atoms with van der Waals surface area (Å²) < 4.78 is 0. The van der Waals surface area contributed by atoms with Crippen LogP contribution in [0.5, 0.6) is 0 Å². The second kappa shape index (κ2) is 7.22. The normalized spacial score (nSPS) is 12.8. The monoisotopic (exact) mass is 268 g/mol. The molecule has 0 heterocycles. The van der Waals surface area contributed by atoms with Crippen LogP contribution in [0.3, 0.4) is 0 Å². The van der Waals surface area contributed by atoms with Crippen molar-refractivity contribution in [2.24, 2.45) is 0 Å². The summed E-state index contributed by atoms with van der Waals surface area (Å²) in [4.78, 5) is 2.21. The van der Waals surface area contributed by atoms with Crippen molar-refractivity contribution in [2.45, 2.75) is 19.0 Å². The summed E-state index contributed by atoms with van der Waals surface area (Å²) in [5.41, 5.74) is 2.62. The fourth-order valence-corrected chi connectivity index (χ4v) is 2.56. The Kier molecular flexibility index (Phi) is 5.33. The lowest BCUT2D eigenvalue weighted by Crippen LogP contribution is -2.38. The van der Waals surface area contributed by atoms with E-state index in [0.29, 0.717) is 6.04 Å². The van der Waals surface area contributed by atoms with E-state index in [4.69, 9.17) is 0 Å². The van der Waals surface area contributed by atoms with Crippen LogP contribution in [0.15, 0.2) is 60.7 Å². The number of nitrogens with zero attached hydrogens (tertiary/aromatic N) is 1. The van der Waals surface area contributed by atoms with Crippen LogP contribution in [0.25, 0.3) is 0 Å². The van der Waals surface area contributed by atoms with Crippen LogP contribution in [-0.4, -0.2) is 31.6 Å². The number of rotatable bonds is 6. The molecule has 2 nitrogen and oxygen atoms in total. The molecule has 0 aliphatic carbocycles. The van der Waals surface area contributed by atoms with Crippen LogP contribution in [-0.2, 0) is 0 Å². The molecule has 106 valence electrons. The lowest BCUT2D eigenvalue weighted by atomic mass is 9.98. The third-order valence-corrected chi connectivity index (χ3v) is 3.36. The van der Waals surface area contributed by atoms with Gasteiger partial charge in [-0.3, -0.25) is 0 Å². The summed E-state index contributed by atoms with van der Waals surface area (Å²) in [5.74, 6) is 0. The van der Waals surface area contributed by atoms with Crippen molar-refractivity contribution < 1.29 is 0 Å². The molecular weight excluding hydrogens is 244 g/mol. The smallest absolute Gasteiger partial charge is 0.0579 e. The summed E-state index contributed by atoms with van der Waals surface area (Å²) in [6, 6.07) is 22.0. The van der Waals surface area contributed by atoms with Gasteiger partial charge in [0, 0.05) is 12.6 Å². The zero-order chi connectivity index (χ0) is 14.4. The Morgan fingerprint density at radius 3 is 1.70 bits per heavy atom. The Hall–Kier alpha value is -1.64. The Balaban J connectivity index is 2.21. The van der Waals surface area contributed by atoms with Crippen molar-refractivity contribution in [3.63, 3.8) is 0 Å². The molecule has 1 N–H and O–H groups in total. The third kappa shape index (κ3) is 4.19. The number of benzene rings is 2. The van der Waals surface area contributed by atoms with E-state index in [2.05, 4.69) is 91.9 Å². The predicted molar refractivity (Wildman–Crippen MR) is 85.9 cm³/mol. The first-order chi connectivity index (χ1) is 9.66. The van der Waals surface area contributed by atoms with Crippen LogP contribution in [0.4, 0.5) is 0 Å².